The van der Waals surface area contributed by atoms with Gasteiger partial charge >= 0.3 is 0 Å². The maximum absolute atomic E-state index is 7.04. The van der Waals surface area contributed by atoms with Gasteiger partial charge in [0.2, 0.25) is 5.96 Å². The van der Waals surface area contributed by atoms with Crippen LogP contribution in [0.5, 0.6) is 0 Å². The fraction of sp³-hybridized carbons (Fsp3) is 0.778. The van der Waals surface area contributed by atoms with Crippen molar-refractivity contribution < 1.29 is 4.74 Å². The Hall–Kier alpha value is -1.30. The predicted molar refractivity (Wildman–Crippen MR) is 59.7 cm³/mol. The minimum atomic E-state index is -0.274. The third-order valence-electron chi connectivity index (χ3n) is 2.13. The number of morpholine rings is 1. The standard InChI is InChI=1S/C9H19N5O/c1-6-4-14(5-9(2,3)15-6)8(12)13-7(10)11/h6H,4-5H2,1-3H3,(H5,10,11,12,13). The number of aliphatic imine (C=N–C) groups is 1. The molecule has 0 aromatic rings. The molecule has 0 bridgehead atoms. The van der Waals surface area contributed by atoms with E-state index < -0.39 is 0 Å². The number of hydrogen-bond acceptors (Lipinski definition) is 2. The molecule has 1 rings (SSSR count). The summed E-state index contributed by atoms with van der Waals surface area (Å²) in [6.07, 6.45) is 0.0921. The van der Waals surface area contributed by atoms with Crippen LogP contribution >= 0.6 is 0 Å². The van der Waals surface area contributed by atoms with Crippen LogP contribution in [-0.4, -0.2) is 41.6 Å². The zero-order valence-corrected chi connectivity index (χ0v) is 9.45. The molecule has 1 saturated heterocycles. The highest BCUT2D eigenvalue weighted by molar-refractivity contribution is 5.91. The number of rotatable bonds is 0. The van der Waals surface area contributed by atoms with Crippen molar-refractivity contribution in [2.45, 2.75) is 32.5 Å². The Bertz CT molecular complexity index is 286. The summed E-state index contributed by atoms with van der Waals surface area (Å²) in [6.45, 7) is 7.30. The third kappa shape index (κ3) is 3.39. The second-order valence-electron chi connectivity index (χ2n) is 4.42. The van der Waals surface area contributed by atoms with E-state index >= 15 is 0 Å². The Morgan fingerprint density at radius 2 is 2.13 bits per heavy atom. The van der Waals surface area contributed by atoms with Gasteiger partial charge in [0.1, 0.15) is 0 Å². The molecule has 1 atom stereocenters. The Morgan fingerprint density at radius 3 is 2.60 bits per heavy atom. The van der Waals surface area contributed by atoms with E-state index in [2.05, 4.69) is 4.99 Å². The smallest absolute Gasteiger partial charge is 0.215 e. The minimum Gasteiger partial charge on any atom is -0.369 e. The van der Waals surface area contributed by atoms with E-state index in [0.29, 0.717) is 13.1 Å². The summed E-state index contributed by atoms with van der Waals surface area (Å²) in [4.78, 5) is 5.61. The zero-order chi connectivity index (χ0) is 11.6. The molecule has 0 saturated carbocycles. The fourth-order valence-corrected chi connectivity index (χ4v) is 1.82. The molecule has 0 amide bonds. The number of ether oxygens (including phenoxy) is 1. The average molecular weight is 213 g/mol. The van der Waals surface area contributed by atoms with Crippen LogP contribution in [0.15, 0.2) is 4.99 Å². The summed E-state index contributed by atoms with van der Waals surface area (Å²) in [6, 6.07) is 0. The first-order chi connectivity index (χ1) is 6.80. The fourth-order valence-electron chi connectivity index (χ4n) is 1.82. The highest BCUT2D eigenvalue weighted by Crippen LogP contribution is 2.20. The molecule has 6 heteroatoms. The normalized spacial score (nSPS) is 26.5. The van der Waals surface area contributed by atoms with Crippen LogP contribution in [0.1, 0.15) is 20.8 Å². The number of hydrogen-bond donors (Lipinski definition) is 3. The lowest BCUT2D eigenvalue weighted by molar-refractivity contribution is -0.113. The topological polar surface area (TPSA) is 101 Å². The average Bonchev–Trinajstić information content (AvgIpc) is 1.98. The van der Waals surface area contributed by atoms with Gasteiger partial charge in [-0.3, -0.25) is 5.41 Å². The van der Waals surface area contributed by atoms with E-state index in [1.165, 1.54) is 0 Å². The summed E-state index contributed by atoms with van der Waals surface area (Å²) < 4.78 is 5.72. The highest BCUT2D eigenvalue weighted by Gasteiger charge is 2.32. The van der Waals surface area contributed by atoms with Gasteiger partial charge in [0.15, 0.2) is 5.96 Å². The maximum atomic E-state index is 7.04. The lowest BCUT2D eigenvalue weighted by atomic mass is 10.1. The van der Waals surface area contributed by atoms with Gasteiger partial charge in [-0.15, -0.1) is 0 Å². The lowest BCUT2D eigenvalue weighted by Crippen LogP contribution is -2.56. The van der Waals surface area contributed by atoms with Crippen molar-refractivity contribution in [2.24, 2.45) is 16.5 Å². The number of nitrogens with two attached hydrogens (primary N) is 2. The molecule has 0 aliphatic carbocycles. The van der Waals surface area contributed by atoms with Crippen LogP contribution < -0.4 is 11.5 Å². The molecule has 0 spiro atoms. The number of guanidine groups is 2. The van der Waals surface area contributed by atoms with E-state index in [1.807, 2.05) is 25.7 Å². The molecule has 5 N–H and O–H groups in total. The molecule has 1 aliphatic rings. The summed E-state index contributed by atoms with van der Waals surface area (Å²) in [5, 5.41) is 7.04. The first kappa shape index (κ1) is 11.8. The monoisotopic (exact) mass is 213 g/mol. The van der Waals surface area contributed by atoms with Crippen molar-refractivity contribution in [1.82, 2.24) is 4.90 Å². The van der Waals surface area contributed by atoms with Gasteiger partial charge < -0.3 is 21.1 Å². The third-order valence-corrected chi connectivity index (χ3v) is 2.13. The van der Waals surface area contributed by atoms with Gasteiger partial charge in [-0.2, -0.15) is 4.99 Å². The van der Waals surface area contributed by atoms with Crippen molar-refractivity contribution in [1.29, 1.82) is 5.41 Å². The minimum absolute atomic E-state index is 0.0921. The Labute approximate surface area is 89.8 Å². The molecule has 0 aromatic carbocycles. The maximum Gasteiger partial charge on any atom is 0.215 e. The van der Waals surface area contributed by atoms with Crippen molar-refractivity contribution in [2.75, 3.05) is 13.1 Å². The number of nitrogens with zero attached hydrogens (tertiary/aromatic N) is 2. The molecule has 0 aromatic heterocycles. The SMILES string of the molecule is CC1CN(/C(N)=N/C(=N)N)CC(C)(C)O1. The van der Waals surface area contributed by atoms with Gasteiger partial charge in [-0.05, 0) is 20.8 Å². The molecular weight excluding hydrogens is 194 g/mol. The molecule has 1 aliphatic heterocycles. The Morgan fingerprint density at radius 1 is 1.53 bits per heavy atom. The Balaban J connectivity index is 2.74. The first-order valence-corrected chi connectivity index (χ1v) is 4.91. The van der Waals surface area contributed by atoms with Gasteiger partial charge in [-0.1, -0.05) is 0 Å². The van der Waals surface area contributed by atoms with Crippen LogP contribution in [0, 0.1) is 5.41 Å². The molecular formula is C9H19N5O. The summed E-state index contributed by atoms with van der Waals surface area (Å²) in [5.41, 5.74) is 10.6. The van der Waals surface area contributed by atoms with Crippen LogP contribution in [0.4, 0.5) is 0 Å². The van der Waals surface area contributed by atoms with Crippen molar-refractivity contribution in [3.05, 3.63) is 0 Å². The van der Waals surface area contributed by atoms with E-state index in [4.69, 9.17) is 21.6 Å². The van der Waals surface area contributed by atoms with Crippen LogP contribution in [0.25, 0.3) is 0 Å². The molecule has 1 fully saturated rings. The number of nitrogens with one attached hydrogen (secondary N) is 1. The molecule has 1 heterocycles. The van der Waals surface area contributed by atoms with Crippen molar-refractivity contribution in [3.63, 3.8) is 0 Å². The lowest BCUT2D eigenvalue weighted by Gasteiger charge is -2.42. The van der Waals surface area contributed by atoms with Crippen molar-refractivity contribution >= 4 is 11.9 Å². The second-order valence-corrected chi connectivity index (χ2v) is 4.42. The Kier molecular flexibility index (Phi) is 3.18. The van der Waals surface area contributed by atoms with E-state index in [9.17, 15) is 0 Å². The van der Waals surface area contributed by atoms with Crippen molar-refractivity contribution in [3.8, 4) is 0 Å². The van der Waals surface area contributed by atoms with Gasteiger partial charge in [-0.25, -0.2) is 0 Å². The van der Waals surface area contributed by atoms with Gasteiger partial charge in [0, 0.05) is 13.1 Å². The largest absolute Gasteiger partial charge is 0.369 e. The molecule has 0 radical (unpaired) electrons. The second kappa shape index (κ2) is 4.06. The van der Waals surface area contributed by atoms with Crippen LogP contribution in [0.2, 0.25) is 0 Å². The van der Waals surface area contributed by atoms with Gasteiger partial charge in [0.25, 0.3) is 0 Å². The highest BCUT2D eigenvalue weighted by atomic mass is 16.5. The van der Waals surface area contributed by atoms with Crippen LogP contribution in [0.3, 0.4) is 0 Å². The summed E-state index contributed by atoms with van der Waals surface area (Å²) in [7, 11) is 0. The quantitative estimate of drug-likeness (QED) is 0.379. The molecule has 86 valence electrons. The zero-order valence-electron chi connectivity index (χ0n) is 9.45. The molecule has 15 heavy (non-hydrogen) atoms. The van der Waals surface area contributed by atoms with E-state index in [-0.39, 0.29) is 23.6 Å². The first-order valence-electron chi connectivity index (χ1n) is 4.91. The van der Waals surface area contributed by atoms with Gasteiger partial charge in [0.05, 0.1) is 11.7 Å². The summed E-state index contributed by atoms with van der Waals surface area (Å²) >= 11 is 0. The predicted octanol–water partition coefficient (Wildman–Crippen LogP) is -0.306. The molecule has 1 unspecified atom stereocenters. The summed E-state index contributed by atoms with van der Waals surface area (Å²) in [5.74, 6) is 0.00942. The van der Waals surface area contributed by atoms with Crippen LogP contribution in [-0.2, 0) is 4.74 Å². The van der Waals surface area contributed by atoms with E-state index in [0.717, 1.165) is 0 Å². The molecule has 6 nitrogen and oxygen atoms in total. The van der Waals surface area contributed by atoms with E-state index in [1.54, 1.807) is 0 Å².